The number of fused-ring (bicyclic) bond motifs is 2. The molecule has 2 aliphatic heterocycles. The average molecular weight is 471 g/mol. The summed E-state index contributed by atoms with van der Waals surface area (Å²) in [6, 6.07) is 9.93. The predicted octanol–water partition coefficient (Wildman–Crippen LogP) is 3.99. The molecule has 0 aliphatic carbocycles. The lowest BCUT2D eigenvalue weighted by atomic mass is 9.98. The Morgan fingerprint density at radius 2 is 2.12 bits per heavy atom. The van der Waals surface area contributed by atoms with Gasteiger partial charge in [-0.2, -0.15) is 11.8 Å². The van der Waals surface area contributed by atoms with Crippen LogP contribution in [0.25, 0.3) is 11.3 Å². The van der Waals surface area contributed by atoms with Crippen molar-refractivity contribution in [1.82, 2.24) is 5.32 Å². The van der Waals surface area contributed by atoms with Crippen LogP contribution in [0.15, 0.2) is 36.4 Å². The Hall–Kier alpha value is -2.84. The molecule has 2 N–H and O–H groups in total. The maximum absolute atomic E-state index is 13.8. The molecular formula is C25H27FN2O4S. The molecule has 174 valence electrons. The van der Waals surface area contributed by atoms with Crippen LogP contribution in [0.5, 0.6) is 0 Å². The number of hydrogen-bond acceptors (Lipinski definition) is 6. The Balaban J connectivity index is 1.47. The van der Waals surface area contributed by atoms with Crippen LogP contribution < -0.4 is 10.6 Å². The molecule has 1 amide bonds. The largest absolute Gasteiger partial charge is 0.487 e. The fourth-order valence-electron chi connectivity index (χ4n) is 4.12. The van der Waals surface area contributed by atoms with Crippen LogP contribution in [-0.2, 0) is 32.1 Å². The number of benzene rings is 2. The molecule has 0 spiro atoms. The minimum absolute atomic E-state index is 0.211. The molecule has 0 fully saturated rings. The Bertz CT molecular complexity index is 1100. The van der Waals surface area contributed by atoms with Crippen LogP contribution >= 0.6 is 11.8 Å². The van der Waals surface area contributed by atoms with E-state index in [9.17, 15) is 14.0 Å². The first kappa shape index (κ1) is 23.3. The van der Waals surface area contributed by atoms with Gasteiger partial charge >= 0.3 is 5.97 Å². The van der Waals surface area contributed by atoms with E-state index in [0.717, 1.165) is 35.3 Å². The molecule has 2 aromatic carbocycles. The number of carbonyl (C=O) groups excluding carboxylic acids is 2. The van der Waals surface area contributed by atoms with Gasteiger partial charge in [-0.05, 0) is 62.1 Å². The zero-order valence-corrected chi connectivity index (χ0v) is 19.5. The molecule has 0 saturated carbocycles. The zero-order valence-electron chi connectivity index (χ0n) is 18.7. The average Bonchev–Trinajstić information content (AvgIpc) is 3.35. The lowest BCUT2D eigenvalue weighted by Crippen LogP contribution is -2.39. The van der Waals surface area contributed by atoms with E-state index in [-0.39, 0.29) is 17.9 Å². The number of esters is 1. The molecule has 4 rings (SSSR count). The van der Waals surface area contributed by atoms with E-state index in [1.807, 2.05) is 25.3 Å². The van der Waals surface area contributed by atoms with Gasteiger partial charge in [-0.3, -0.25) is 9.59 Å². The van der Waals surface area contributed by atoms with Gasteiger partial charge in [0.2, 0.25) is 0 Å². The summed E-state index contributed by atoms with van der Waals surface area (Å²) in [5, 5.41) is 6.09. The fraction of sp³-hybridized carbons (Fsp3) is 0.360. The van der Waals surface area contributed by atoms with E-state index < -0.39 is 5.82 Å². The van der Waals surface area contributed by atoms with Gasteiger partial charge in [0.15, 0.2) is 0 Å². The normalized spacial score (nSPS) is 17.2. The van der Waals surface area contributed by atoms with Crippen molar-refractivity contribution in [1.29, 1.82) is 0 Å². The number of rotatable bonds is 9. The second-order valence-electron chi connectivity index (χ2n) is 7.92. The summed E-state index contributed by atoms with van der Waals surface area (Å²) in [4.78, 5) is 24.7. The summed E-state index contributed by atoms with van der Waals surface area (Å²) in [6.45, 7) is 3.17. The van der Waals surface area contributed by atoms with Crippen LogP contribution in [0, 0.1) is 5.82 Å². The number of ether oxygens (including phenoxy) is 2. The lowest BCUT2D eigenvalue weighted by molar-refractivity contribution is -0.145. The van der Waals surface area contributed by atoms with Crippen molar-refractivity contribution < 1.29 is 23.5 Å². The van der Waals surface area contributed by atoms with Gasteiger partial charge < -0.3 is 20.1 Å². The Labute approximate surface area is 196 Å². The van der Waals surface area contributed by atoms with Crippen molar-refractivity contribution in [2.75, 3.05) is 30.5 Å². The predicted molar refractivity (Wildman–Crippen MR) is 128 cm³/mol. The van der Waals surface area contributed by atoms with Gasteiger partial charge in [0.1, 0.15) is 24.2 Å². The lowest BCUT2D eigenvalue weighted by Gasteiger charge is -2.17. The number of nitrogens with one attached hydrogen (secondary N) is 2. The highest BCUT2D eigenvalue weighted by Crippen LogP contribution is 2.41. The Morgan fingerprint density at radius 3 is 2.91 bits per heavy atom. The molecule has 0 radical (unpaired) electrons. The van der Waals surface area contributed by atoms with Gasteiger partial charge in [-0.25, -0.2) is 4.39 Å². The number of amides is 1. The summed E-state index contributed by atoms with van der Waals surface area (Å²) in [6.07, 6.45) is 3.48. The highest BCUT2D eigenvalue weighted by molar-refractivity contribution is 7.98. The first-order valence-corrected chi connectivity index (χ1v) is 12.4. The molecule has 2 aliphatic rings. The van der Waals surface area contributed by atoms with Gasteiger partial charge in [-0.15, -0.1) is 0 Å². The first-order chi connectivity index (χ1) is 16.0. The fourth-order valence-corrected chi connectivity index (χ4v) is 4.59. The molecule has 0 aromatic heterocycles. The molecule has 0 bridgehead atoms. The standard InChI is InChI=1S/C25H27FN2O4S/c1-3-31-25(30)21(9-11-33-2)27-10-8-15-4-6-18-16(12-15)14-32-23(18)22-19-13-17(26)5-7-20(19)28-24(22)29/h4-7,12-13,21,27H,3,8-11,14H2,1-2H3,(H,28,29)/b23-22+. The monoisotopic (exact) mass is 470 g/mol. The Morgan fingerprint density at radius 1 is 1.27 bits per heavy atom. The van der Waals surface area contributed by atoms with Crippen molar-refractivity contribution >= 4 is 40.7 Å². The summed E-state index contributed by atoms with van der Waals surface area (Å²) in [5.74, 6) is 0.461. The number of hydrogen-bond donors (Lipinski definition) is 2. The molecule has 0 saturated heterocycles. The van der Waals surface area contributed by atoms with Crippen molar-refractivity contribution in [3.8, 4) is 0 Å². The van der Waals surface area contributed by atoms with Crippen LogP contribution in [-0.4, -0.2) is 43.1 Å². The van der Waals surface area contributed by atoms with Crippen molar-refractivity contribution in [2.24, 2.45) is 0 Å². The van der Waals surface area contributed by atoms with E-state index in [2.05, 4.69) is 16.7 Å². The first-order valence-electron chi connectivity index (χ1n) is 11.0. The van der Waals surface area contributed by atoms with Gasteiger partial charge in [0.05, 0.1) is 12.2 Å². The minimum atomic E-state index is -0.400. The number of halogens is 1. The van der Waals surface area contributed by atoms with Crippen LogP contribution in [0.3, 0.4) is 0 Å². The van der Waals surface area contributed by atoms with Crippen molar-refractivity contribution in [3.05, 3.63) is 64.5 Å². The second kappa shape index (κ2) is 10.4. The van der Waals surface area contributed by atoms with E-state index >= 15 is 0 Å². The number of anilines is 1. The summed E-state index contributed by atoms with van der Waals surface area (Å²) >= 11 is 1.70. The van der Waals surface area contributed by atoms with E-state index in [1.54, 1.807) is 17.8 Å². The molecule has 2 heterocycles. The number of carbonyl (C=O) groups is 2. The van der Waals surface area contributed by atoms with Gasteiger partial charge in [0.25, 0.3) is 5.91 Å². The van der Waals surface area contributed by atoms with E-state index in [0.29, 0.717) is 42.3 Å². The smallest absolute Gasteiger partial charge is 0.323 e. The van der Waals surface area contributed by atoms with Crippen LogP contribution in [0.2, 0.25) is 0 Å². The third-order valence-electron chi connectivity index (χ3n) is 5.73. The molecule has 2 aromatic rings. The maximum atomic E-state index is 13.8. The van der Waals surface area contributed by atoms with Gasteiger partial charge in [-0.1, -0.05) is 18.2 Å². The third-order valence-corrected chi connectivity index (χ3v) is 6.37. The molecule has 1 atom stereocenters. The molecule has 1 unspecified atom stereocenters. The minimum Gasteiger partial charge on any atom is -0.487 e. The summed E-state index contributed by atoms with van der Waals surface area (Å²) < 4.78 is 24.9. The maximum Gasteiger partial charge on any atom is 0.323 e. The summed E-state index contributed by atoms with van der Waals surface area (Å²) in [7, 11) is 0. The molecule has 33 heavy (non-hydrogen) atoms. The quantitative estimate of drug-likeness (QED) is 0.426. The molecule has 6 nitrogen and oxygen atoms in total. The van der Waals surface area contributed by atoms with Gasteiger partial charge in [0, 0.05) is 22.4 Å². The van der Waals surface area contributed by atoms with E-state index in [1.165, 1.54) is 12.1 Å². The zero-order chi connectivity index (χ0) is 23.4. The van der Waals surface area contributed by atoms with Crippen molar-refractivity contribution in [3.63, 3.8) is 0 Å². The molecular weight excluding hydrogens is 443 g/mol. The highest BCUT2D eigenvalue weighted by atomic mass is 32.2. The Kier molecular flexibility index (Phi) is 7.35. The number of thioether (sulfide) groups is 1. The summed E-state index contributed by atoms with van der Waals surface area (Å²) in [5.41, 5.74) is 4.40. The highest BCUT2D eigenvalue weighted by Gasteiger charge is 2.32. The second-order valence-corrected chi connectivity index (χ2v) is 8.90. The SMILES string of the molecule is CCOC(=O)C(CCSC)NCCc1ccc2c(c1)CO/C2=C1/C(=O)Nc2ccc(F)cc21. The van der Waals surface area contributed by atoms with Crippen molar-refractivity contribution in [2.45, 2.75) is 32.4 Å². The topological polar surface area (TPSA) is 76.7 Å². The molecule has 8 heteroatoms. The van der Waals surface area contributed by atoms with Crippen LogP contribution in [0.1, 0.15) is 35.6 Å². The third kappa shape index (κ3) is 5.07. The van der Waals surface area contributed by atoms with Crippen LogP contribution in [0.4, 0.5) is 10.1 Å². The van der Waals surface area contributed by atoms with E-state index in [4.69, 9.17) is 9.47 Å².